The van der Waals surface area contributed by atoms with Gasteiger partial charge in [-0.1, -0.05) is 0 Å². The smallest absolute Gasteiger partial charge is 0.289 e. The number of nitrogens with zero attached hydrogens (tertiary/aromatic N) is 4. The molecule has 8 heteroatoms. The van der Waals surface area contributed by atoms with E-state index in [1.54, 1.807) is 30.9 Å². The first-order chi connectivity index (χ1) is 10.7. The first-order valence-corrected chi connectivity index (χ1v) is 7.97. The van der Waals surface area contributed by atoms with Crippen molar-refractivity contribution >= 4 is 23.2 Å². The molecule has 22 heavy (non-hydrogen) atoms. The summed E-state index contributed by atoms with van der Waals surface area (Å²) in [6.45, 7) is 1.53. The van der Waals surface area contributed by atoms with E-state index in [0.29, 0.717) is 17.6 Å². The summed E-state index contributed by atoms with van der Waals surface area (Å²) in [6, 6.07) is 1.72. The molecule has 7 nitrogen and oxygen atoms in total. The van der Waals surface area contributed by atoms with E-state index in [4.69, 9.17) is 4.74 Å². The molecule has 1 aliphatic rings. The number of amides is 1. The highest BCUT2D eigenvalue weighted by atomic mass is 32.1. The van der Waals surface area contributed by atoms with Crippen LogP contribution in [0.3, 0.4) is 0 Å². The number of hydrogen-bond acceptors (Lipinski definition) is 7. The van der Waals surface area contributed by atoms with Crippen LogP contribution in [-0.4, -0.2) is 41.1 Å². The predicted molar refractivity (Wildman–Crippen MR) is 82.8 cm³/mol. The van der Waals surface area contributed by atoms with Crippen LogP contribution in [0.15, 0.2) is 23.8 Å². The van der Waals surface area contributed by atoms with Crippen molar-refractivity contribution in [3.8, 4) is 0 Å². The number of hydrogen-bond donors (Lipinski definition) is 1. The summed E-state index contributed by atoms with van der Waals surface area (Å²) in [7, 11) is 1.69. The second-order valence-corrected chi connectivity index (χ2v) is 5.90. The summed E-state index contributed by atoms with van der Waals surface area (Å²) in [5, 5.41) is 4.28. The molecule has 1 saturated heterocycles. The van der Waals surface area contributed by atoms with E-state index in [1.807, 2.05) is 0 Å². The minimum absolute atomic E-state index is 0.260. The van der Waals surface area contributed by atoms with Crippen molar-refractivity contribution in [3.63, 3.8) is 0 Å². The van der Waals surface area contributed by atoms with Gasteiger partial charge in [0.1, 0.15) is 5.69 Å². The molecule has 0 unspecified atom stereocenters. The molecule has 0 aliphatic carbocycles. The number of ether oxygens (including phenoxy) is 1. The zero-order valence-electron chi connectivity index (χ0n) is 12.2. The van der Waals surface area contributed by atoms with E-state index in [2.05, 4.69) is 20.4 Å². The molecule has 0 radical (unpaired) electrons. The van der Waals surface area contributed by atoms with Crippen molar-refractivity contribution in [3.05, 3.63) is 34.5 Å². The van der Waals surface area contributed by atoms with Gasteiger partial charge >= 0.3 is 0 Å². The molecule has 0 atom stereocenters. The van der Waals surface area contributed by atoms with Crippen LogP contribution in [0, 0.1) is 0 Å². The number of rotatable bonds is 4. The SMILES string of the molecule is CN(NC(=O)c1csc(C2CCOCC2)n1)c1ncccn1. The van der Waals surface area contributed by atoms with E-state index in [-0.39, 0.29) is 5.91 Å². The van der Waals surface area contributed by atoms with E-state index in [0.717, 1.165) is 31.1 Å². The molecule has 3 heterocycles. The van der Waals surface area contributed by atoms with Gasteiger partial charge in [0.15, 0.2) is 0 Å². The van der Waals surface area contributed by atoms with Crippen molar-refractivity contribution in [1.82, 2.24) is 20.4 Å². The standard InChI is InChI=1S/C14H17N5O2S/c1-19(14-15-5-2-6-16-14)18-12(20)11-9-22-13(17-11)10-3-7-21-8-4-10/h2,5-6,9-10H,3-4,7-8H2,1H3,(H,18,20). The van der Waals surface area contributed by atoms with Crippen molar-refractivity contribution in [2.75, 3.05) is 25.3 Å². The van der Waals surface area contributed by atoms with Gasteiger partial charge in [-0.15, -0.1) is 11.3 Å². The average molecular weight is 319 g/mol. The first kappa shape index (κ1) is 14.9. The van der Waals surface area contributed by atoms with Crippen molar-refractivity contribution < 1.29 is 9.53 Å². The third-order valence-corrected chi connectivity index (χ3v) is 4.45. The Bertz CT molecular complexity index is 627. The first-order valence-electron chi connectivity index (χ1n) is 7.09. The van der Waals surface area contributed by atoms with Gasteiger partial charge in [0, 0.05) is 44.0 Å². The zero-order valence-corrected chi connectivity index (χ0v) is 13.0. The quantitative estimate of drug-likeness (QED) is 0.862. The van der Waals surface area contributed by atoms with Crippen LogP contribution >= 0.6 is 11.3 Å². The lowest BCUT2D eigenvalue weighted by Crippen LogP contribution is -2.40. The fourth-order valence-corrected chi connectivity index (χ4v) is 3.22. The largest absolute Gasteiger partial charge is 0.381 e. The summed E-state index contributed by atoms with van der Waals surface area (Å²) in [5.74, 6) is 0.565. The minimum atomic E-state index is -0.260. The fourth-order valence-electron chi connectivity index (χ4n) is 2.25. The van der Waals surface area contributed by atoms with Gasteiger partial charge in [-0.3, -0.25) is 15.2 Å². The molecular weight excluding hydrogens is 302 g/mol. The monoisotopic (exact) mass is 319 g/mol. The Balaban J connectivity index is 1.64. The highest BCUT2D eigenvalue weighted by Gasteiger charge is 2.21. The van der Waals surface area contributed by atoms with Crippen LogP contribution in [0.1, 0.15) is 34.3 Å². The predicted octanol–water partition coefficient (Wildman–Crippen LogP) is 1.61. The average Bonchev–Trinajstić information content (AvgIpc) is 3.06. The Kier molecular flexibility index (Phi) is 4.59. The van der Waals surface area contributed by atoms with Gasteiger partial charge in [-0.25, -0.2) is 15.0 Å². The van der Waals surface area contributed by atoms with Gasteiger partial charge in [0.05, 0.1) is 5.01 Å². The van der Waals surface area contributed by atoms with Gasteiger partial charge in [-0.05, 0) is 18.9 Å². The molecule has 116 valence electrons. The number of aromatic nitrogens is 3. The highest BCUT2D eigenvalue weighted by molar-refractivity contribution is 7.09. The van der Waals surface area contributed by atoms with Crippen LogP contribution in [0.2, 0.25) is 0 Å². The molecule has 1 aliphatic heterocycles. The Morgan fingerprint density at radius 1 is 1.36 bits per heavy atom. The summed E-state index contributed by atoms with van der Waals surface area (Å²) in [6.07, 6.45) is 5.17. The maximum absolute atomic E-state index is 12.2. The van der Waals surface area contributed by atoms with E-state index < -0.39 is 0 Å². The molecular formula is C14H17N5O2S. The van der Waals surface area contributed by atoms with E-state index in [1.165, 1.54) is 16.3 Å². The lowest BCUT2D eigenvalue weighted by atomic mass is 10.0. The van der Waals surface area contributed by atoms with E-state index >= 15 is 0 Å². The highest BCUT2D eigenvalue weighted by Crippen LogP contribution is 2.29. The number of anilines is 1. The molecule has 3 rings (SSSR count). The van der Waals surface area contributed by atoms with Gasteiger partial charge in [0.25, 0.3) is 5.91 Å². The van der Waals surface area contributed by atoms with Gasteiger partial charge in [-0.2, -0.15) is 0 Å². The molecule has 1 fully saturated rings. The third-order valence-electron chi connectivity index (χ3n) is 3.45. The molecule has 2 aromatic heterocycles. The molecule has 0 bridgehead atoms. The van der Waals surface area contributed by atoms with Gasteiger partial charge in [0.2, 0.25) is 5.95 Å². The van der Waals surface area contributed by atoms with Crippen molar-refractivity contribution in [2.45, 2.75) is 18.8 Å². The normalized spacial score (nSPS) is 15.5. The topological polar surface area (TPSA) is 80.2 Å². The lowest BCUT2D eigenvalue weighted by molar-refractivity contribution is 0.0851. The molecule has 0 saturated carbocycles. The summed E-state index contributed by atoms with van der Waals surface area (Å²) in [4.78, 5) is 24.8. The van der Waals surface area contributed by atoms with Crippen molar-refractivity contribution in [2.24, 2.45) is 0 Å². The number of carbonyl (C=O) groups excluding carboxylic acids is 1. The summed E-state index contributed by atoms with van der Waals surface area (Å²) in [5.41, 5.74) is 3.14. The van der Waals surface area contributed by atoms with Crippen LogP contribution in [0.5, 0.6) is 0 Å². The van der Waals surface area contributed by atoms with Crippen LogP contribution in [0.4, 0.5) is 5.95 Å². The summed E-state index contributed by atoms with van der Waals surface area (Å²) < 4.78 is 5.35. The maximum atomic E-state index is 12.2. The molecule has 1 N–H and O–H groups in total. The van der Waals surface area contributed by atoms with Crippen LogP contribution < -0.4 is 10.4 Å². The Labute approximate surface area is 132 Å². The van der Waals surface area contributed by atoms with Crippen molar-refractivity contribution in [1.29, 1.82) is 0 Å². The van der Waals surface area contributed by atoms with Crippen LogP contribution in [-0.2, 0) is 4.74 Å². The zero-order chi connectivity index (χ0) is 15.4. The molecule has 1 amide bonds. The van der Waals surface area contributed by atoms with E-state index in [9.17, 15) is 4.79 Å². The number of carbonyl (C=O) groups is 1. The summed E-state index contributed by atoms with van der Waals surface area (Å²) >= 11 is 1.53. The Morgan fingerprint density at radius 3 is 2.82 bits per heavy atom. The fraction of sp³-hybridized carbons (Fsp3) is 0.429. The number of nitrogens with one attached hydrogen (secondary N) is 1. The molecule has 0 spiro atoms. The lowest BCUT2D eigenvalue weighted by Gasteiger charge is -2.19. The second kappa shape index (κ2) is 6.80. The van der Waals surface area contributed by atoms with Crippen LogP contribution in [0.25, 0.3) is 0 Å². The number of thiazole rings is 1. The molecule has 0 aromatic carbocycles. The Morgan fingerprint density at radius 2 is 2.09 bits per heavy atom. The maximum Gasteiger partial charge on any atom is 0.289 e. The molecule has 2 aromatic rings. The Hall–Kier alpha value is -2.06. The van der Waals surface area contributed by atoms with Gasteiger partial charge < -0.3 is 4.74 Å². The third kappa shape index (κ3) is 3.40. The number of hydrazine groups is 1. The minimum Gasteiger partial charge on any atom is -0.381 e. The second-order valence-electron chi connectivity index (χ2n) is 5.01.